The van der Waals surface area contributed by atoms with Gasteiger partial charge in [-0.2, -0.15) is 18.3 Å². The third-order valence-electron chi connectivity index (χ3n) is 5.90. The first-order valence-corrected chi connectivity index (χ1v) is 10.9. The fourth-order valence-corrected chi connectivity index (χ4v) is 4.11. The number of nitrogens with one attached hydrogen (secondary N) is 2. The topological polar surface area (TPSA) is 79.3 Å². The van der Waals surface area contributed by atoms with Gasteiger partial charge in [0.15, 0.2) is 5.69 Å². The SMILES string of the molecule is C[C@@H](NC(=O)c1nn2cc(-c3ccc4ccccc4c3)[nH]c(=O)c2c1C(F)(F)F)c1ccc(F)cc1. The summed E-state index contributed by atoms with van der Waals surface area (Å²) in [4.78, 5) is 28.2. The highest BCUT2D eigenvalue weighted by atomic mass is 19.4. The molecule has 0 aliphatic rings. The lowest BCUT2D eigenvalue weighted by molar-refractivity contribution is -0.136. The minimum Gasteiger partial charge on any atom is -0.344 e. The van der Waals surface area contributed by atoms with Crippen LogP contribution in [0.25, 0.3) is 27.5 Å². The van der Waals surface area contributed by atoms with E-state index in [9.17, 15) is 27.2 Å². The number of benzene rings is 3. The summed E-state index contributed by atoms with van der Waals surface area (Å²) in [5.41, 5.74) is -2.90. The average Bonchev–Trinajstić information content (AvgIpc) is 3.25. The number of amides is 1. The molecule has 3 aromatic carbocycles. The van der Waals surface area contributed by atoms with Crippen molar-refractivity contribution in [2.45, 2.75) is 19.1 Å². The van der Waals surface area contributed by atoms with Crippen molar-refractivity contribution in [1.82, 2.24) is 19.9 Å². The van der Waals surface area contributed by atoms with Gasteiger partial charge < -0.3 is 10.3 Å². The van der Waals surface area contributed by atoms with E-state index in [1.54, 1.807) is 19.1 Å². The van der Waals surface area contributed by atoms with Crippen LogP contribution in [-0.4, -0.2) is 20.5 Å². The lowest BCUT2D eigenvalue weighted by atomic mass is 10.1. The van der Waals surface area contributed by atoms with Crippen LogP contribution in [0.15, 0.2) is 77.7 Å². The minimum absolute atomic E-state index is 0.237. The molecule has 5 rings (SSSR count). The average molecular weight is 494 g/mol. The molecule has 36 heavy (non-hydrogen) atoms. The number of aromatic amines is 1. The van der Waals surface area contributed by atoms with E-state index < -0.39 is 46.3 Å². The molecule has 0 spiro atoms. The van der Waals surface area contributed by atoms with Crippen molar-refractivity contribution in [2.75, 3.05) is 0 Å². The van der Waals surface area contributed by atoms with Crippen LogP contribution in [0.2, 0.25) is 0 Å². The molecule has 0 aliphatic carbocycles. The van der Waals surface area contributed by atoms with Crippen molar-refractivity contribution in [3.05, 3.63) is 106 Å². The first-order chi connectivity index (χ1) is 17.1. The Hall–Kier alpha value is -4.47. The van der Waals surface area contributed by atoms with Gasteiger partial charge in [0.2, 0.25) is 0 Å². The van der Waals surface area contributed by atoms with E-state index in [-0.39, 0.29) is 5.69 Å². The van der Waals surface area contributed by atoms with Gasteiger partial charge in [-0.3, -0.25) is 9.59 Å². The van der Waals surface area contributed by atoms with Crippen LogP contribution in [0.3, 0.4) is 0 Å². The first-order valence-electron chi connectivity index (χ1n) is 10.9. The van der Waals surface area contributed by atoms with Crippen LogP contribution in [-0.2, 0) is 6.18 Å². The summed E-state index contributed by atoms with van der Waals surface area (Å²) in [5.74, 6) is -1.60. The molecule has 1 amide bonds. The van der Waals surface area contributed by atoms with E-state index in [0.717, 1.165) is 15.3 Å². The molecule has 2 N–H and O–H groups in total. The Morgan fingerprint density at radius 1 is 1.03 bits per heavy atom. The molecule has 10 heteroatoms. The van der Waals surface area contributed by atoms with Crippen LogP contribution >= 0.6 is 0 Å². The second kappa shape index (κ2) is 8.63. The summed E-state index contributed by atoms with van der Waals surface area (Å²) in [5, 5.41) is 8.13. The summed E-state index contributed by atoms with van der Waals surface area (Å²) in [6, 6.07) is 17.3. The molecular formula is C26H18F4N4O2. The molecule has 0 fully saturated rings. The molecule has 1 atom stereocenters. The second-order valence-corrected chi connectivity index (χ2v) is 8.32. The maximum atomic E-state index is 14.0. The second-order valence-electron chi connectivity index (χ2n) is 8.32. The molecule has 0 unspecified atom stereocenters. The van der Waals surface area contributed by atoms with E-state index in [2.05, 4.69) is 15.4 Å². The number of carbonyl (C=O) groups is 1. The molecule has 182 valence electrons. The van der Waals surface area contributed by atoms with Gasteiger partial charge in [-0.05, 0) is 41.5 Å². The highest BCUT2D eigenvalue weighted by molar-refractivity contribution is 5.96. The summed E-state index contributed by atoms with van der Waals surface area (Å²) in [6.07, 6.45) is -3.78. The molecular weight excluding hydrogens is 476 g/mol. The zero-order valence-electron chi connectivity index (χ0n) is 18.7. The molecule has 0 radical (unpaired) electrons. The van der Waals surface area contributed by atoms with Crippen molar-refractivity contribution in [3.8, 4) is 11.3 Å². The number of hydrogen-bond acceptors (Lipinski definition) is 3. The van der Waals surface area contributed by atoms with Crippen LogP contribution in [0.1, 0.15) is 34.6 Å². The molecule has 2 heterocycles. The molecule has 0 bridgehead atoms. The lowest BCUT2D eigenvalue weighted by Crippen LogP contribution is -2.29. The predicted molar refractivity (Wildman–Crippen MR) is 126 cm³/mol. The number of carbonyl (C=O) groups excluding carboxylic acids is 1. The Labute approximate surface area is 201 Å². The Bertz CT molecular complexity index is 1670. The number of hydrogen-bond donors (Lipinski definition) is 2. The summed E-state index contributed by atoms with van der Waals surface area (Å²) in [6.45, 7) is 1.54. The largest absolute Gasteiger partial charge is 0.421 e. The van der Waals surface area contributed by atoms with Gasteiger partial charge in [-0.1, -0.05) is 48.5 Å². The lowest BCUT2D eigenvalue weighted by Gasteiger charge is -2.14. The van der Waals surface area contributed by atoms with Gasteiger partial charge in [-0.15, -0.1) is 0 Å². The number of fused-ring (bicyclic) bond motifs is 2. The van der Waals surface area contributed by atoms with E-state index in [1.165, 1.54) is 30.5 Å². The number of H-pyrrole nitrogens is 1. The monoisotopic (exact) mass is 494 g/mol. The fraction of sp³-hybridized carbons (Fsp3) is 0.115. The van der Waals surface area contributed by atoms with Crippen molar-refractivity contribution < 1.29 is 22.4 Å². The highest BCUT2D eigenvalue weighted by Crippen LogP contribution is 2.35. The van der Waals surface area contributed by atoms with E-state index in [1.807, 2.05) is 30.3 Å². The Morgan fingerprint density at radius 2 is 1.72 bits per heavy atom. The van der Waals surface area contributed by atoms with Gasteiger partial charge in [-0.25, -0.2) is 8.91 Å². The number of halogens is 4. The molecule has 6 nitrogen and oxygen atoms in total. The predicted octanol–water partition coefficient (Wildman–Crippen LogP) is 5.49. The fourth-order valence-electron chi connectivity index (χ4n) is 4.11. The Kier molecular flexibility index (Phi) is 5.58. The summed E-state index contributed by atoms with van der Waals surface area (Å²) < 4.78 is 56.1. The van der Waals surface area contributed by atoms with Crippen LogP contribution < -0.4 is 10.9 Å². The van der Waals surface area contributed by atoms with Gasteiger partial charge in [0, 0.05) is 5.56 Å². The third-order valence-corrected chi connectivity index (χ3v) is 5.90. The van der Waals surface area contributed by atoms with Crippen LogP contribution in [0, 0.1) is 5.82 Å². The number of aromatic nitrogens is 3. The number of alkyl halides is 3. The van der Waals surface area contributed by atoms with E-state index in [4.69, 9.17) is 0 Å². The maximum Gasteiger partial charge on any atom is 0.421 e. The first kappa shape index (κ1) is 23.3. The van der Waals surface area contributed by atoms with Crippen molar-refractivity contribution in [2.24, 2.45) is 0 Å². The van der Waals surface area contributed by atoms with E-state index in [0.29, 0.717) is 11.1 Å². The van der Waals surface area contributed by atoms with Gasteiger partial charge in [0.25, 0.3) is 11.5 Å². The minimum atomic E-state index is -5.02. The number of nitrogens with zero attached hydrogens (tertiary/aromatic N) is 2. The quantitative estimate of drug-likeness (QED) is 0.324. The van der Waals surface area contributed by atoms with Crippen molar-refractivity contribution in [1.29, 1.82) is 0 Å². The maximum absolute atomic E-state index is 14.0. The normalized spacial score (nSPS) is 12.7. The molecule has 0 saturated heterocycles. The molecule has 0 saturated carbocycles. The van der Waals surface area contributed by atoms with Crippen molar-refractivity contribution >= 4 is 22.2 Å². The van der Waals surface area contributed by atoms with Crippen LogP contribution in [0.4, 0.5) is 17.6 Å². The third kappa shape index (κ3) is 4.21. The number of rotatable bonds is 4. The van der Waals surface area contributed by atoms with Gasteiger partial charge in [0.1, 0.15) is 16.9 Å². The van der Waals surface area contributed by atoms with Crippen LogP contribution in [0.5, 0.6) is 0 Å². The van der Waals surface area contributed by atoms with Crippen molar-refractivity contribution in [3.63, 3.8) is 0 Å². The zero-order valence-corrected chi connectivity index (χ0v) is 18.7. The van der Waals surface area contributed by atoms with E-state index >= 15 is 0 Å². The standard InChI is InChI=1S/C26H18F4N4O2/c1-14(15-8-10-19(27)11-9-15)31-24(35)22-21(26(28,29)30)23-25(36)32-20(13-34(23)33-22)18-7-6-16-4-2-3-5-17(16)12-18/h2-14H,1H3,(H,31,35)(H,32,36)/t14-/m1/s1. The summed E-state index contributed by atoms with van der Waals surface area (Å²) >= 11 is 0. The summed E-state index contributed by atoms with van der Waals surface area (Å²) in [7, 11) is 0. The Balaban J connectivity index is 1.59. The van der Waals surface area contributed by atoms with Gasteiger partial charge >= 0.3 is 6.18 Å². The smallest absolute Gasteiger partial charge is 0.344 e. The molecule has 5 aromatic rings. The van der Waals surface area contributed by atoms with Gasteiger partial charge in [0.05, 0.1) is 17.9 Å². The zero-order chi connectivity index (χ0) is 25.6. The molecule has 2 aromatic heterocycles. The molecule has 0 aliphatic heterocycles. The highest BCUT2D eigenvalue weighted by Gasteiger charge is 2.41. The Morgan fingerprint density at radius 3 is 2.42 bits per heavy atom.